The van der Waals surface area contributed by atoms with Crippen molar-refractivity contribution in [2.75, 3.05) is 26.7 Å². The third-order valence-electron chi connectivity index (χ3n) is 4.68. The van der Waals surface area contributed by atoms with E-state index in [0.29, 0.717) is 5.92 Å². The Bertz CT molecular complexity index is 662. The summed E-state index contributed by atoms with van der Waals surface area (Å²) >= 11 is 1.81. The summed E-state index contributed by atoms with van der Waals surface area (Å²) in [6, 6.07) is 13.0. The summed E-state index contributed by atoms with van der Waals surface area (Å²) in [6.45, 7) is 11.5. The van der Waals surface area contributed by atoms with Crippen molar-refractivity contribution >= 4 is 17.3 Å². The number of aliphatic imine (C=N–C) groups is 1. The molecule has 142 valence electrons. The van der Waals surface area contributed by atoms with Gasteiger partial charge in [0.15, 0.2) is 5.96 Å². The third kappa shape index (κ3) is 6.15. The van der Waals surface area contributed by atoms with E-state index in [1.807, 2.05) is 18.4 Å². The number of nitrogens with zero attached hydrogens (tertiary/aromatic N) is 2. The van der Waals surface area contributed by atoms with Crippen molar-refractivity contribution in [3.05, 3.63) is 57.8 Å². The molecule has 0 spiro atoms. The Balaban J connectivity index is 1.90. The van der Waals surface area contributed by atoms with Crippen LogP contribution in [0.4, 0.5) is 0 Å². The summed E-state index contributed by atoms with van der Waals surface area (Å²) < 4.78 is 0. The number of hydrogen-bond acceptors (Lipinski definition) is 3. The minimum absolute atomic E-state index is 0.475. The lowest BCUT2D eigenvalue weighted by molar-refractivity contribution is 0.295. The highest BCUT2D eigenvalue weighted by Gasteiger charge is 2.09. The molecule has 0 radical (unpaired) electrons. The van der Waals surface area contributed by atoms with Gasteiger partial charge in [-0.15, -0.1) is 11.3 Å². The molecule has 0 bridgehead atoms. The van der Waals surface area contributed by atoms with Crippen molar-refractivity contribution in [2.24, 2.45) is 4.99 Å². The van der Waals surface area contributed by atoms with E-state index in [9.17, 15) is 0 Å². The van der Waals surface area contributed by atoms with Crippen molar-refractivity contribution in [1.82, 2.24) is 15.5 Å². The van der Waals surface area contributed by atoms with E-state index in [2.05, 4.69) is 83.1 Å². The molecular weight excluding hydrogens is 340 g/mol. The number of hydrogen-bond donors (Lipinski definition) is 2. The average molecular weight is 373 g/mol. The van der Waals surface area contributed by atoms with Crippen LogP contribution in [0.5, 0.6) is 0 Å². The van der Waals surface area contributed by atoms with E-state index in [-0.39, 0.29) is 0 Å². The lowest BCUT2D eigenvalue weighted by Gasteiger charge is -2.21. The molecule has 0 saturated carbocycles. The SMILES string of the molecule is CCN(CC)Cc1ccccc1CNC(=NC)NCC(C)c1cccs1. The van der Waals surface area contributed by atoms with Crippen LogP contribution in [0, 0.1) is 0 Å². The molecule has 2 rings (SSSR count). The van der Waals surface area contributed by atoms with Crippen molar-refractivity contribution in [3.8, 4) is 0 Å². The van der Waals surface area contributed by atoms with Gasteiger partial charge in [-0.3, -0.25) is 9.89 Å². The zero-order chi connectivity index (χ0) is 18.8. The van der Waals surface area contributed by atoms with E-state index in [1.165, 1.54) is 16.0 Å². The van der Waals surface area contributed by atoms with Crippen LogP contribution in [-0.4, -0.2) is 37.5 Å². The number of nitrogens with one attached hydrogen (secondary N) is 2. The van der Waals surface area contributed by atoms with Crippen LogP contribution in [0.1, 0.15) is 42.7 Å². The molecule has 1 heterocycles. The van der Waals surface area contributed by atoms with Gasteiger partial charge in [0, 0.05) is 37.5 Å². The van der Waals surface area contributed by atoms with E-state index < -0.39 is 0 Å². The first-order chi connectivity index (χ1) is 12.7. The van der Waals surface area contributed by atoms with Gasteiger partial charge in [0.1, 0.15) is 0 Å². The highest BCUT2D eigenvalue weighted by Crippen LogP contribution is 2.19. The molecule has 0 aliphatic carbocycles. The van der Waals surface area contributed by atoms with Gasteiger partial charge in [-0.25, -0.2) is 0 Å². The Labute approximate surface area is 162 Å². The van der Waals surface area contributed by atoms with Crippen molar-refractivity contribution < 1.29 is 0 Å². The van der Waals surface area contributed by atoms with Crippen LogP contribution >= 0.6 is 11.3 Å². The molecule has 4 nitrogen and oxygen atoms in total. The molecule has 1 unspecified atom stereocenters. The van der Waals surface area contributed by atoms with Gasteiger partial charge < -0.3 is 10.6 Å². The predicted octanol–water partition coefficient (Wildman–Crippen LogP) is 4.06. The number of rotatable bonds is 9. The third-order valence-corrected chi connectivity index (χ3v) is 5.79. The number of guanidine groups is 1. The quantitative estimate of drug-likeness (QED) is 0.515. The lowest BCUT2D eigenvalue weighted by atomic mass is 10.1. The van der Waals surface area contributed by atoms with E-state index >= 15 is 0 Å². The van der Waals surface area contributed by atoms with E-state index in [1.54, 1.807) is 0 Å². The van der Waals surface area contributed by atoms with Crippen LogP contribution in [0.3, 0.4) is 0 Å². The molecule has 0 fully saturated rings. The van der Waals surface area contributed by atoms with Crippen LogP contribution in [0.25, 0.3) is 0 Å². The van der Waals surface area contributed by atoms with Crippen LogP contribution in [0.2, 0.25) is 0 Å². The maximum atomic E-state index is 4.37. The zero-order valence-corrected chi connectivity index (χ0v) is 17.3. The Morgan fingerprint density at radius 1 is 1.08 bits per heavy atom. The Hall–Kier alpha value is -1.85. The fourth-order valence-electron chi connectivity index (χ4n) is 2.89. The largest absolute Gasteiger partial charge is 0.356 e. The van der Waals surface area contributed by atoms with E-state index in [0.717, 1.165) is 38.7 Å². The first kappa shape index (κ1) is 20.5. The summed E-state index contributed by atoms with van der Waals surface area (Å²) in [7, 11) is 1.83. The summed E-state index contributed by atoms with van der Waals surface area (Å²) in [5, 5.41) is 9.04. The summed E-state index contributed by atoms with van der Waals surface area (Å²) in [5.74, 6) is 1.33. The van der Waals surface area contributed by atoms with Crippen molar-refractivity contribution in [3.63, 3.8) is 0 Å². The number of thiophene rings is 1. The molecule has 26 heavy (non-hydrogen) atoms. The van der Waals surface area contributed by atoms with Crippen LogP contribution in [0.15, 0.2) is 46.8 Å². The topological polar surface area (TPSA) is 39.7 Å². The monoisotopic (exact) mass is 372 g/mol. The van der Waals surface area contributed by atoms with Crippen LogP contribution in [-0.2, 0) is 13.1 Å². The minimum Gasteiger partial charge on any atom is -0.356 e. The maximum absolute atomic E-state index is 4.37. The Morgan fingerprint density at radius 2 is 1.81 bits per heavy atom. The van der Waals surface area contributed by atoms with Crippen molar-refractivity contribution in [2.45, 2.75) is 39.8 Å². The first-order valence-electron chi connectivity index (χ1n) is 9.44. The molecular formula is C21H32N4S. The van der Waals surface area contributed by atoms with Crippen LogP contribution < -0.4 is 10.6 Å². The average Bonchev–Trinajstić information content (AvgIpc) is 3.21. The first-order valence-corrected chi connectivity index (χ1v) is 10.3. The fourth-order valence-corrected chi connectivity index (χ4v) is 3.68. The van der Waals surface area contributed by atoms with Gasteiger partial charge in [0.05, 0.1) is 0 Å². The fraction of sp³-hybridized carbons (Fsp3) is 0.476. The maximum Gasteiger partial charge on any atom is 0.191 e. The molecule has 0 saturated heterocycles. The Kier molecular flexibility index (Phi) is 8.65. The molecule has 0 aliphatic heterocycles. The summed E-state index contributed by atoms with van der Waals surface area (Å²) in [5.41, 5.74) is 2.71. The molecule has 1 aromatic heterocycles. The summed E-state index contributed by atoms with van der Waals surface area (Å²) in [6.07, 6.45) is 0. The molecule has 0 aliphatic rings. The second-order valence-electron chi connectivity index (χ2n) is 6.45. The van der Waals surface area contributed by atoms with Crippen molar-refractivity contribution in [1.29, 1.82) is 0 Å². The second kappa shape index (κ2) is 11.0. The van der Waals surface area contributed by atoms with Gasteiger partial charge in [0.2, 0.25) is 0 Å². The van der Waals surface area contributed by atoms with Gasteiger partial charge >= 0.3 is 0 Å². The smallest absolute Gasteiger partial charge is 0.191 e. The highest BCUT2D eigenvalue weighted by molar-refractivity contribution is 7.10. The van der Waals surface area contributed by atoms with Gasteiger partial charge in [-0.05, 0) is 35.7 Å². The zero-order valence-electron chi connectivity index (χ0n) is 16.5. The normalized spacial score (nSPS) is 13.0. The molecule has 1 atom stereocenters. The Morgan fingerprint density at radius 3 is 2.42 bits per heavy atom. The van der Waals surface area contributed by atoms with Gasteiger partial charge in [0.25, 0.3) is 0 Å². The second-order valence-corrected chi connectivity index (χ2v) is 7.43. The predicted molar refractivity (Wildman–Crippen MR) is 114 cm³/mol. The summed E-state index contributed by atoms with van der Waals surface area (Å²) in [4.78, 5) is 8.21. The lowest BCUT2D eigenvalue weighted by Crippen LogP contribution is -2.38. The minimum atomic E-state index is 0.475. The molecule has 0 amide bonds. The molecule has 5 heteroatoms. The van der Waals surface area contributed by atoms with Gasteiger partial charge in [-0.1, -0.05) is 51.1 Å². The number of benzene rings is 1. The molecule has 1 aromatic carbocycles. The van der Waals surface area contributed by atoms with Gasteiger partial charge in [-0.2, -0.15) is 0 Å². The molecule has 2 N–H and O–H groups in total. The highest BCUT2D eigenvalue weighted by atomic mass is 32.1. The standard InChI is InChI=1S/C21H32N4S/c1-5-25(6-2)16-19-11-8-7-10-18(19)15-24-21(22-4)23-14-17(3)20-12-9-13-26-20/h7-13,17H,5-6,14-16H2,1-4H3,(H2,22,23,24). The molecule has 2 aromatic rings. The van der Waals surface area contributed by atoms with E-state index in [4.69, 9.17) is 0 Å².